The summed E-state index contributed by atoms with van der Waals surface area (Å²) in [6, 6.07) is 14.3. The summed E-state index contributed by atoms with van der Waals surface area (Å²) in [6.45, 7) is 7.92. The minimum Gasteiger partial charge on any atom is -0.457 e. The molecule has 1 heteroatoms. The summed E-state index contributed by atoms with van der Waals surface area (Å²) in [5, 5.41) is 0. The lowest BCUT2D eigenvalue weighted by molar-refractivity contribution is 0.470. The molecule has 1 nitrogen and oxygen atoms in total. The average molecular weight is 238 g/mol. The lowest BCUT2D eigenvalue weighted by Gasteiger charge is -2.14. The lowest BCUT2D eigenvalue weighted by atomic mass is 10.1. The zero-order valence-corrected chi connectivity index (χ0v) is 10.9. The molecule has 18 heavy (non-hydrogen) atoms. The second-order valence-corrected chi connectivity index (χ2v) is 4.42. The first kappa shape index (κ1) is 12.4. The molecule has 0 amide bonds. The van der Waals surface area contributed by atoms with Crippen LogP contribution < -0.4 is 4.74 Å². The lowest BCUT2D eigenvalue weighted by Crippen LogP contribution is -1.94. The van der Waals surface area contributed by atoms with E-state index in [1.165, 1.54) is 0 Å². The highest BCUT2D eigenvalue weighted by Crippen LogP contribution is 2.30. The topological polar surface area (TPSA) is 9.23 Å². The van der Waals surface area contributed by atoms with Crippen LogP contribution in [0.15, 0.2) is 55.1 Å². The smallest absolute Gasteiger partial charge is 0.133 e. The van der Waals surface area contributed by atoms with Crippen LogP contribution in [-0.2, 0) is 6.42 Å². The molecule has 92 valence electrons. The monoisotopic (exact) mass is 238 g/mol. The van der Waals surface area contributed by atoms with Crippen molar-refractivity contribution in [2.45, 2.75) is 20.3 Å². The van der Waals surface area contributed by atoms with Crippen molar-refractivity contribution in [2.75, 3.05) is 0 Å². The summed E-state index contributed by atoms with van der Waals surface area (Å²) in [7, 11) is 0. The second-order valence-electron chi connectivity index (χ2n) is 4.42. The summed E-state index contributed by atoms with van der Waals surface area (Å²) < 4.78 is 6.08. The largest absolute Gasteiger partial charge is 0.457 e. The minimum absolute atomic E-state index is 0.821. The molecular formula is C17H18O. The van der Waals surface area contributed by atoms with E-state index in [2.05, 4.69) is 38.6 Å². The zero-order valence-electron chi connectivity index (χ0n) is 10.9. The maximum atomic E-state index is 6.08. The summed E-state index contributed by atoms with van der Waals surface area (Å²) >= 11 is 0. The van der Waals surface area contributed by atoms with E-state index in [0.717, 1.165) is 34.6 Å². The van der Waals surface area contributed by atoms with Crippen LogP contribution in [0.3, 0.4) is 0 Å². The number of hydrogen-bond acceptors (Lipinski definition) is 1. The van der Waals surface area contributed by atoms with Crippen molar-refractivity contribution in [1.82, 2.24) is 0 Å². The van der Waals surface area contributed by atoms with Crippen LogP contribution >= 0.6 is 0 Å². The third kappa shape index (κ3) is 2.62. The summed E-state index contributed by atoms with van der Waals surface area (Å²) in [5.74, 6) is 1.86. The van der Waals surface area contributed by atoms with Gasteiger partial charge in [-0.25, -0.2) is 0 Å². The van der Waals surface area contributed by atoms with E-state index >= 15 is 0 Å². The van der Waals surface area contributed by atoms with Crippen LogP contribution in [0.1, 0.15) is 16.7 Å². The Kier molecular flexibility index (Phi) is 3.83. The molecule has 0 bridgehead atoms. The summed E-state index contributed by atoms with van der Waals surface area (Å²) in [5.41, 5.74) is 3.47. The molecule has 2 aromatic carbocycles. The van der Waals surface area contributed by atoms with Crippen LogP contribution in [0.5, 0.6) is 11.5 Å². The van der Waals surface area contributed by atoms with Crippen molar-refractivity contribution in [1.29, 1.82) is 0 Å². The van der Waals surface area contributed by atoms with E-state index in [4.69, 9.17) is 4.74 Å². The first-order valence-electron chi connectivity index (χ1n) is 6.15. The predicted molar refractivity (Wildman–Crippen MR) is 76.3 cm³/mol. The Morgan fingerprint density at radius 3 is 2.33 bits per heavy atom. The van der Waals surface area contributed by atoms with Crippen molar-refractivity contribution in [3.05, 3.63) is 71.8 Å². The van der Waals surface area contributed by atoms with Gasteiger partial charge in [0.25, 0.3) is 0 Å². The standard InChI is InChI=1S/C17H18O/c1-4-8-15-11-5-6-12-16(15)18-17-13(2)9-7-10-14(17)3/h4-7,9-12H,1,8H2,2-3H3. The van der Waals surface area contributed by atoms with Gasteiger partial charge in [-0.1, -0.05) is 42.5 Å². The molecule has 0 aliphatic rings. The molecule has 0 saturated heterocycles. The molecule has 0 unspecified atom stereocenters. The Morgan fingerprint density at radius 1 is 1.00 bits per heavy atom. The molecule has 0 fully saturated rings. The van der Waals surface area contributed by atoms with Gasteiger partial charge in [-0.05, 0) is 43.0 Å². The molecule has 0 saturated carbocycles. The van der Waals surface area contributed by atoms with E-state index in [0.29, 0.717) is 0 Å². The molecule has 0 aromatic heterocycles. The number of allylic oxidation sites excluding steroid dienone is 1. The summed E-state index contributed by atoms with van der Waals surface area (Å²) in [6.07, 6.45) is 2.72. The number of ether oxygens (including phenoxy) is 1. The van der Waals surface area contributed by atoms with Crippen molar-refractivity contribution in [2.24, 2.45) is 0 Å². The molecule has 2 rings (SSSR count). The zero-order chi connectivity index (χ0) is 13.0. The third-order valence-corrected chi connectivity index (χ3v) is 2.96. The van der Waals surface area contributed by atoms with E-state index in [9.17, 15) is 0 Å². The molecular weight excluding hydrogens is 220 g/mol. The molecule has 0 aliphatic carbocycles. The number of hydrogen-bond donors (Lipinski definition) is 0. The van der Waals surface area contributed by atoms with Gasteiger partial charge in [0.15, 0.2) is 0 Å². The summed E-state index contributed by atoms with van der Waals surface area (Å²) in [4.78, 5) is 0. The molecule has 0 atom stereocenters. The SMILES string of the molecule is C=CCc1ccccc1Oc1c(C)cccc1C. The molecule has 0 N–H and O–H groups in total. The molecule has 0 spiro atoms. The molecule has 0 heterocycles. The Hall–Kier alpha value is -2.02. The van der Waals surface area contributed by atoms with E-state index in [-0.39, 0.29) is 0 Å². The Morgan fingerprint density at radius 2 is 1.67 bits per heavy atom. The van der Waals surface area contributed by atoms with Gasteiger partial charge in [0.1, 0.15) is 11.5 Å². The van der Waals surface area contributed by atoms with E-state index in [1.807, 2.05) is 30.3 Å². The second kappa shape index (κ2) is 5.54. The number of rotatable bonds is 4. The molecule has 0 radical (unpaired) electrons. The first-order valence-corrected chi connectivity index (χ1v) is 6.15. The number of para-hydroxylation sites is 2. The molecule has 2 aromatic rings. The van der Waals surface area contributed by atoms with Gasteiger partial charge in [0.2, 0.25) is 0 Å². The van der Waals surface area contributed by atoms with Crippen LogP contribution in [0.4, 0.5) is 0 Å². The van der Waals surface area contributed by atoms with Crippen LogP contribution in [-0.4, -0.2) is 0 Å². The highest BCUT2D eigenvalue weighted by Gasteiger charge is 2.07. The van der Waals surface area contributed by atoms with Crippen molar-refractivity contribution in [3.63, 3.8) is 0 Å². The van der Waals surface area contributed by atoms with Gasteiger partial charge in [-0.15, -0.1) is 6.58 Å². The minimum atomic E-state index is 0.821. The number of aryl methyl sites for hydroxylation is 2. The van der Waals surface area contributed by atoms with Crippen molar-refractivity contribution in [3.8, 4) is 11.5 Å². The van der Waals surface area contributed by atoms with Gasteiger partial charge in [0, 0.05) is 0 Å². The Balaban J connectivity index is 2.37. The highest BCUT2D eigenvalue weighted by atomic mass is 16.5. The van der Waals surface area contributed by atoms with Crippen LogP contribution in [0.2, 0.25) is 0 Å². The fourth-order valence-electron chi connectivity index (χ4n) is 2.00. The fourth-order valence-corrected chi connectivity index (χ4v) is 2.00. The quantitative estimate of drug-likeness (QED) is 0.693. The van der Waals surface area contributed by atoms with Crippen molar-refractivity contribution >= 4 is 0 Å². The highest BCUT2D eigenvalue weighted by molar-refractivity contribution is 5.45. The Labute approximate surface area is 109 Å². The van der Waals surface area contributed by atoms with Crippen molar-refractivity contribution < 1.29 is 4.74 Å². The van der Waals surface area contributed by atoms with Gasteiger partial charge < -0.3 is 4.74 Å². The van der Waals surface area contributed by atoms with Gasteiger partial charge >= 0.3 is 0 Å². The first-order chi connectivity index (χ1) is 8.72. The number of benzene rings is 2. The maximum Gasteiger partial charge on any atom is 0.133 e. The van der Waals surface area contributed by atoms with Gasteiger partial charge in [0.05, 0.1) is 0 Å². The molecule has 0 aliphatic heterocycles. The van der Waals surface area contributed by atoms with Gasteiger partial charge in [-0.2, -0.15) is 0 Å². The maximum absolute atomic E-state index is 6.08. The van der Waals surface area contributed by atoms with Crippen LogP contribution in [0, 0.1) is 13.8 Å². The third-order valence-electron chi connectivity index (χ3n) is 2.96. The van der Waals surface area contributed by atoms with E-state index < -0.39 is 0 Å². The fraction of sp³-hybridized carbons (Fsp3) is 0.176. The van der Waals surface area contributed by atoms with Gasteiger partial charge in [-0.3, -0.25) is 0 Å². The predicted octanol–water partition coefficient (Wildman–Crippen LogP) is 4.82. The normalized spacial score (nSPS) is 10.1. The van der Waals surface area contributed by atoms with E-state index in [1.54, 1.807) is 0 Å². The van der Waals surface area contributed by atoms with Crippen LogP contribution in [0.25, 0.3) is 0 Å². The average Bonchev–Trinajstić information content (AvgIpc) is 2.36. The Bertz CT molecular complexity index is 535.